The molecule has 0 rings (SSSR count). The Hall–Kier alpha value is -2.78. The number of hydrogen-bond donors (Lipinski definition) is 2. The third kappa shape index (κ3) is 24.3. The van der Waals surface area contributed by atoms with Crippen molar-refractivity contribution in [3.05, 3.63) is 0 Å². The van der Waals surface area contributed by atoms with Gasteiger partial charge >= 0.3 is 35.8 Å². The highest BCUT2D eigenvalue weighted by Crippen LogP contribution is 2.11. The highest BCUT2D eigenvalue weighted by molar-refractivity contribution is 5.86. The zero-order chi connectivity index (χ0) is 27.0. The van der Waals surface area contributed by atoms with Gasteiger partial charge < -0.3 is 19.7 Å². The van der Waals surface area contributed by atoms with Crippen LogP contribution in [0.15, 0.2) is 0 Å². The van der Waals surface area contributed by atoms with E-state index in [1.54, 1.807) is 0 Å². The molecule has 2 N–H and O–H groups in total. The van der Waals surface area contributed by atoms with Gasteiger partial charge in [0.05, 0.1) is 0 Å². The Morgan fingerprint density at radius 1 is 0.333 bits per heavy atom. The lowest BCUT2D eigenvalue weighted by Gasteiger charge is -2.05. The molecule has 0 aliphatic carbocycles. The fourth-order valence-electron chi connectivity index (χ4n) is 3.50. The number of carbonyl (C=O) groups excluding carboxylic acids is 4. The van der Waals surface area contributed by atoms with Gasteiger partial charge in [0.25, 0.3) is 0 Å². The van der Waals surface area contributed by atoms with E-state index in [-0.39, 0.29) is 38.5 Å². The lowest BCUT2D eigenvalue weighted by molar-refractivity contribution is -0.162. The van der Waals surface area contributed by atoms with Crippen molar-refractivity contribution in [2.24, 2.45) is 0 Å². The molecule has 206 valence electrons. The standard InChI is InChI=1S/C26H42O10/c27-21(28)15-9-5-1-3-7-11-17-23(31)35-25(33)19-13-14-20-26(34)36-24(32)18-12-8-4-2-6-10-16-22(29)30/h1-20H2,(H,27,28)(H,29,30). The number of aliphatic carboxylic acids is 2. The molecule has 0 saturated carbocycles. The van der Waals surface area contributed by atoms with Crippen molar-refractivity contribution in [3.63, 3.8) is 0 Å². The molecule has 0 amide bonds. The van der Waals surface area contributed by atoms with E-state index in [0.29, 0.717) is 38.5 Å². The summed E-state index contributed by atoms with van der Waals surface area (Å²) in [5.41, 5.74) is 0. The van der Waals surface area contributed by atoms with Gasteiger partial charge in [0.1, 0.15) is 0 Å². The first kappa shape index (κ1) is 33.2. The van der Waals surface area contributed by atoms with Gasteiger partial charge in [-0.1, -0.05) is 51.4 Å². The molecule has 0 spiro atoms. The van der Waals surface area contributed by atoms with Crippen LogP contribution in [0, 0.1) is 0 Å². The zero-order valence-electron chi connectivity index (χ0n) is 21.3. The van der Waals surface area contributed by atoms with Gasteiger partial charge in [-0.15, -0.1) is 0 Å². The van der Waals surface area contributed by atoms with Crippen molar-refractivity contribution in [3.8, 4) is 0 Å². The van der Waals surface area contributed by atoms with Gasteiger partial charge in [0.15, 0.2) is 0 Å². The van der Waals surface area contributed by atoms with E-state index in [0.717, 1.165) is 51.4 Å². The third-order valence-electron chi connectivity index (χ3n) is 5.51. The molecule has 0 fully saturated rings. The molecule has 0 radical (unpaired) electrons. The molecular formula is C26H42O10. The maximum absolute atomic E-state index is 11.7. The molecule has 36 heavy (non-hydrogen) atoms. The van der Waals surface area contributed by atoms with Crippen LogP contribution < -0.4 is 0 Å². The first-order chi connectivity index (χ1) is 17.2. The molecule has 0 atom stereocenters. The summed E-state index contributed by atoms with van der Waals surface area (Å²) < 4.78 is 9.50. The van der Waals surface area contributed by atoms with E-state index in [1.165, 1.54) is 0 Å². The van der Waals surface area contributed by atoms with Crippen LogP contribution in [0.1, 0.15) is 128 Å². The summed E-state index contributed by atoms with van der Waals surface area (Å²) in [5, 5.41) is 17.1. The molecule has 10 nitrogen and oxygen atoms in total. The topological polar surface area (TPSA) is 161 Å². The number of rotatable bonds is 23. The van der Waals surface area contributed by atoms with Crippen LogP contribution in [0.5, 0.6) is 0 Å². The van der Waals surface area contributed by atoms with Gasteiger partial charge in [-0.05, 0) is 38.5 Å². The van der Waals surface area contributed by atoms with Crippen LogP contribution in [0.3, 0.4) is 0 Å². The average molecular weight is 515 g/mol. The Morgan fingerprint density at radius 2 is 0.528 bits per heavy atom. The number of carbonyl (C=O) groups is 6. The van der Waals surface area contributed by atoms with Gasteiger partial charge in [-0.3, -0.25) is 28.8 Å². The van der Waals surface area contributed by atoms with E-state index in [1.807, 2.05) is 0 Å². The Bertz CT molecular complexity index is 628. The Morgan fingerprint density at radius 3 is 0.778 bits per heavy atom. The van der Waals surface area contributed by atoms with E-state index in [4.69, 9.17) is 19.7 Å². The molecule has 0 aliphatic heterocycles. The summed E-state index contributed by atoms with van der Waals surface area (Å²) in [5.74, 6) is -4.01. The molecule has 0 aromatic heterocycles. The van der Waals surface area contributed by atoms with Gasteiger partial charge in [-0.25, -0.2) is 0 Å². The molecule has 0 bridgehead atoms. The molecular weight excluding hydrogens is 472 g/mol. The minimum atomic E-state index is -0.792. The number of ether oxygens (including phenoxy) is 2. The first-order valence-electron chi connectivity index (χ1n) is 13.1. The summed E-state index contributed by atoms with van der Waals surface area (Å²) in [6, 6.07) is 0. The number of hydrogen-bond acceptors (Lipinski definition) is 8. The van der Waals surface area contributed by atoms with Crippen molar-refractivity contribution in [1.29, 1.82) is 0 Å². The van der Waals surface area contributed by atoms with Crippen molar-refractivity contribution in [2.75, 3.05) is 0 Å². The van der Waals surface area contributed by atoms with E-state index in [2.05, 4.69) is 0 Å². The fraction of sp³-hybridized carbons (Fsp3) is 0.769. The molecule has 0 aromatic rings. The Balaban J connectivity index is 3.60. The lowest BCUT2D eigenvalue weighted by atomic mass is 10.1. The summed E-state index contributed by atoms with van der Waals surface area (Å²) in [7, 11) is 0. The predicted octanol–water partition coefficient (Wildman–Crippen LogP) is 5.10. The van der Waals surface area contributed by atoms with Crippen LogP contribution in [-0.2, 0) is 38.2 Å². The van der Waals surface area contributed by atoms with E-state index < -0.39 is 35.8 Å². The Labute approximate surface area is 213 Å². The summed E-state index contributed by atoms with van der Waals surface area (Å²) >= 11 is 0. The number of carboxylic acid groups (broad SMARTS) is 2. The van der Waals surface area contributed by atoms with Crippen molar-refractivity contribution < 1.29 is 48.5 Å². The largest absolute Gasteiger partial charge is 0.481 e. The molecule has 0 heterocycles. The van der Waals surface area contributed by atoms with Crippen LogP contribution in [0.2, 0.25) is 0 Å². The van der Waals surface area contributed by atoms with Crippen LogP contribution in [0.4, 0.5) is 0 Å². The van der Waals surface area contributed by atoms with E-state index >= 15 is 0 Å². The minimum Gasteiger partial charge on any atom is -0.481 e. The monoisotopic (exact) mass is 514 g/mol. The zero-order valence-corrected chi connectivity index (χ0v) is 21.3. The smallest absolute Gasteiger partial charge is 0.313 e. The maximum Gasteiger partial charge on any atom is 0.313 e. The highest BCUT2D eigenvalue weighted by atomic mass is 16.6. The fourth-order valence-corrected chi connectivity index (χ4v) is 3.50. The van der Waals surface area contributed by atoms with Crippen LogP contribution in [-0.4, -0.2) is 46.0 Å². The third-order valence-corrected chi connectivity index (χ3v) is 5.51. The predicted molar refractivity (Wildman–Crippen MR) is 130 cm³/mol. The number of unbranched alkanes of at least 4 members (excludes halogenated alkanes) is 11. The van der Waals surface area contributed by atoms with Crippen LogP contribution in [0.25, 0.3) is 0 Å². The van der Waals surface area contributed by atoms with Crippen molar-refractivity contribution in [1.82, 2.24) is 0 Å². The second-order valence-corrected chi connectivity index (χ2v) is 8.93. The van der Waals surface area contributed by atoms with Gasteiger partial charge in [-0.2, -0.15) is 0 Å². The lowest BCUT2D eigenvalue weighted by Crippen LogP contribution is -2.13. The molecule has 0 aliphatic rings. The van der Waals surface area contributed by atoms with E-state index in [9.17, 15) is 28.8 Å². The number of esters is 4. The quantitative estimate of drug-likeness (QED) is 0.107. The summed E-state index contributed by atoms with van der Waals surface area (Å²) in [4.78, 5) is 67.6. The average Bonchev–Trinajstić information content (AvgIpc) is 2.79. The second-order valence-electron chi connectivity index (χ2n) is 8.93. The minimum absolute atomic E-state index is 0.00298. The first-order valence-corrected chi connectivity index (χ1v) is 13.1. The molecule has 0 aromatic carbocycles. The molecule has 0 unspecified atom stereocenters. The molecule has 10 heteroatoms. The normalized spacial score (nSPS) is 10.6. The second kappa shape index (κ2) is 22.7. The summed E-state index contributed by atoms with van der Waals surface area (Å²) in [6.07, 6.45) is 10.8. The molecule has 0 saturated heterocycles. The summed E-state index contributed by atoms with van der Waals surface area (Å²) in [6.45, 7) is 0. The van der Waals surface area contributed by atoms with Crippen molar-refractivity contribution in [2.45, 2.75) is 128 Å². The van der Waals surface area contributed by atoms with Crippen molar-refractivity contribution >= 4 is 35.8 Å². The highest BCUT2D eigenvalue weighted by Gasteiger charge is 2.13. The van der Waals surface area contributed by atoms with Gasteiger partial charge in [0.2, 0.25) is 0 Å². The number of carboxylic acids is 2. The Kier molecular flexibility index (Phi) is 20.9. The van der Waals surface area contributed by atoms with Crippen LogP contribution >= 0.6 is 0 Å². The maximum atomic E-state index is 11.7. The SMILES string of the molecule is O=C(O)CCCCCCCCC(=O)OC(=O)CCCCC(=O)OC(=O)CCCCCCCCC(=O)O. The van der Waals surface area contributed by atoms with Gasteiger partial charge in [0, 0.05) is 38.5 Å².